The van der Waals surface area contributed by atoms with Gasteiger partial charge < -0.3 is 14.8 Å². The fourth-order valence-corrected chi connectivity index (χ4v) is 2.29. The van der Waals surface area contributed by atoms with Crippen molar-refractivity contribution in [3.63, 3.8) is 0 Å². The smallest absolute Gasteiger partial charge is 0.124 e. The molecule has 1 aromatic carbocycles. The first-order valence-corrected chi connectivity index (χ1v) is 7.29. The molecule has 0 aromatic heterocycles. The zero-order valence-corrected chi connectivity index (χ0v) is 12.4. The van der Waals surface area contributed by atoms with E-state index < -0.39 is 0 Å². The van der Waals surface area contributed by atoms with Crippen LogP contribution in [0.15, 0.2) is 18.2 Å². The standard InChI is InChI=1S/C15H22ClNO2/c1-11(2)17-9-12-8-13(16)5-6-15(12)19-14-4-3-7-18-10-14/h5-6,8,11,14,17H,3-4,7,9-10H2,1-2H3. The molecule has 1 saturated heterocycles. The lowest BCUT2D eigenvalue weighted by atomic mass is 10.1. The second-order valence-electron chi connectivity index (χ2n) is 5.24. The summed E-state index contributed by atoms with van der Waals surface area (Å²) in [6, 6.07) is 6.23. The zero-order valence-electron chi connectivity index (χ0n) is 11.6. The third-order valence-corrected chi connectivity index (χ3v) is 3.37. The highest BCUT2D eigenvalue weighted by Gasteiger charge is 2.17. The summed E-state index contributed by atoms with van der Waals surface area (Å²) in [6.07, 6.45) is 2.28. The summed E-state index contributed by atoms with van der Waals surface area (Å²) in [5, 5.41) is 4.14. The normalized spacial score (nSPS) is 19.7. The van der Waals surface area contributed by atoms with Gasteiger partial charge in [0.05, 0.1) is 6.61 Å². The molecule has 1 heterocycles. The molecule has 1 N–H and O–H groups in total. The zero-order chi connectivity index (χ0) is 13.7. The fourth-order valence-electron chi connectivity index (χ4n) is 2.10. The summed E-state index contributed by atoms with van der Waals surface area (Å²) in [7, 11) is 0. The highest BCUT2D eigenvalue weighted by atomic mass is 35.5. The van der Waals surface area contributed by atoms with Crippen molar-refractivity contribution in [1.82, 2.24) is 5.32 Å². The molecule has 4 heteroatoms. The number of hydrogen-bond acceptors (Lipinski definition) is 3. The van der Waals surface area contributed by atoms with Gasteiger partial charge in [-0.1, -0.05) is 25.4 Å². The van der Waals surface area contributed by atoms with Gasteiger partial charge in [-0.05, 0) is 31.0 Å². The van der Waals surface area contributed by atoms with Crippen LogP contribution in [0.4, 0.5) is 0 Å². The summed E-state index contributed by atoms with van der Waals surface area (Å²) >= 11 is 6.07. The van der Waals surface area contributed by atoms with Crippen LogP contribution >= 0.6 is 11.6 Å². The monoisotopic (exact) mass is 283 g/mol. The van der Waals surface area contributed by atoms with Crippen molar-refractivity contribution in [3.05, 3.63) is 28.8 Å². The fraction of sp³-hybridized carbons (Fsp3) is 0.600. The van der Waals surface area contributed by atoms with Crippen molar-refractivity contribution < 1.29 is 9.47 Å². The van der Waals surface area contributed by atoms with Crippen molar-refractivity contribution in [2.24, 2.45) is 0 Å². The molecule has 0 bridgehead atoms. The van der Waals surface area contributed by atoms with Crippen molar-refractivity contribution >= 4 is 11.6 Å². The summed E-state index contributed by atoms with van der Waals surface area (Å²) in [5.41, 5.74) is 1.10. The highest BCUT2D eigenvalue weighted by molar-refractivity contribution is 6.30. The van der Waals surface area contributed by atoms with Gasteiger partial charge in [0.25, 0.3) is 0 Å². The van der Waals surface area contributed by atoms with E-state index in [2.05, 4.69) is 19.2 Å². The molecule has 0 aliphatic carbocycles. The van der Waals surface area contributed by atoms with E-state index in [-0.39, 0.29) is 6.10 Å². The van der Waals surface area contributed by atoms with Gasteiger partial charge in [0, 0.05) is 29.8 Å². The van der Waals surface area contributed by atoms with E-state index in [0.717, 1.165) is 42.3 Å². The van der Waals surface area contributed by atoms with E-state index in [1.807, 2.05) is 18.2 Å². The van der Waals surface area contributed by atoms with Crippen LogP contribution in [0.2, 0.25) is 5.02 Å². The topological polar surface area (TPSA) is 30.5 Å². The summed E-state index contributed by atoms with van der Waals surface area (Å²) in [6.45, 7) is 6.54. The molecule has 0 radical (unpaired) electrons. The number of hydrogen-bond donors (Lipinski definition) is 1. The quantitative estimate of drug-likeness (QED) is 0.898. The molecule has 3 nitrogen and oxygen atoms in total. The lowest BCUT2D eigenvalue weighted by Crippen LogP contribution is -2.29. The number of nitrogens with one attached hydrogen (secondary N) is 1. The Morgan fingerprint density at radius 2 is 2.32 bits per heavy atom. The summed E-state index contributed by atoms with van der Waals surface area (Å²) < 4.78 is 11.5. The number of rotatable bonds is 5. The van der Waals surface area contributed by atoms with E-state index in [1.54, 1.807) is 0 Å². The van der Waals surface area contributed by atoms with Crippen LogP contribution in [-0.2, 0) is 11.3 Å². The van der Waals surface area contributed by atoms with E-state index in [4.69, 9.17) is 21.1 Å². The maximum Gasteiger partial charge on any atom is 0.124 e. The van der Waals surface area contributed by atoms with Gasteiger partial charge in [-0.2, -0.15) is 0 Å². The summed E-state index contributed by atoms with van der Waals surface area (Å²) in [4.78, 5) is 0. The molecule has 106 valence electrons. The Kier molecular flexibility index (Phi) is 5.49. The molecule has 1 atom stereocenters. The SMILES string of the molecule is CC(C)NCc1cc(Cl)ccc1OC1CCCOC1. The average molecular weight is 284 g/mol. The van der Waals surface area contributed by atoms with E-state index in [0.29, 0.717) is 12.6 Å². The van der Waals surface area contributed by atoms with Crippen LogP contribution in [0.25, 0.3) is 0 Å². The van der Waals surface area contributed by atoms with Crippen molar-refractivity contribution in [3.8, 4) is 5.75 Å². The highest BCUT2D eigenvalue weighted by Crippen LogP contribution is 2.25. The van der Waals surface area contributed by atoms with E-state index >= 15 is 0 Å². The third-order valence-electron chi connectivity index (χ3n) is 3.14. The van der Waals surface area contributed by atoms with E-state index in [9.17, 15) is 0 Å². The molecule has 2 rings (SSSR count). The Labute approximate surface area is 120 Å². The van der Waals surface area contributed by atoms with Gasteiger partial charge in [-0.3, -0.25) is 0 Å². The first-order valence-electron chi connectivity index (χ1n) is 6.91. The average Bonchev–Trinajstić information content (AvgIpc) is 2.40. The Balaban J connectivity index is 2.04. The minimum Gasteiger partial charge on any atom is -0.488 e. The van der Waals surface area contributed by atoms with Gasteiger partial charge >= 0.3 is 0 Å². The van der Waals surface area contributed by atoms with Gasteiger partial charge in [0.15, 0.2) is 0 Å². The van der Waals surface area contributed by atoms with Crippen LogP contribution in [-0.4, -0.2) is 25.4 Å². The first-order chi connectivity index (χ1) is 9.15. The van der Waals surface area contributed by atoms with Crippen LogP contribution in [0.5, 0.6) is 5.75 Å². The first kappa shape index (κ1) is 14.6. The van der Waals surface area contributed by atoms with Gasteiger partial charge in [-0.25, -0.2) is 0 Å². The van der Waals surface area contributed by atoms with Crippen molar-refractivity contribution in [2.75, 3.05) is 13.2 Å². The predicted molar refractivity (Wildman–Crippen MR) is 77.9 cm³/mol. The second-order valence-corrected chi connectivity index (χ2v) is 5.68. The number of benzene rings is 1. The van der Waals surface area contributed by atoms with Crippen LogP contribution in [0.1, 0.15) is 32.3 Å². The van der Waals surface area contributed by atoms with Crippen LogP contribution in [0, 0.1) is 0 Å². The predicted octanol–water partition coefficient (Wildman–Crippen LogP) is 3.40. The van der Waals surface area contributed by atoms with Crippen molar-refractivity contribution in [2.45, 2.75) is 45.4 Å². The van der Waals surface area contributed by atoms with Gasteiger partial charge in [-0.15, -0.1) is 0 Å². The molecule has 1 aliphatic heterocycles. The molecule has 1 aromatic rings. The van der Waals surface area contributed by atoms with Gasteiger partial charge in [0.2, 0.25) is 0 Å². The lowest BCUT2D eigenvalue weighted by Gasteiger charge is -2.25. The minimum absolute atomic E-state index is 0.160. The molecule has 19 heavy (non-hydrogen) atoms. The van der Waals surface area contributed by atoms with E-state index in [1.165, 1.54) is 0 Å². The lowest BCUT2D eigenvalue weighted by molar-refractivity contribution is 0.00700. The molecule has 1 aliphatic rings. The summed E-state index contributed by atoms with van der Waals surface area (Å²) in [5.74, 6) is 0.910. The Hall–Kier alpha value is -0.770. The second kappa shape index (κ2) is 7.13. The molecule has 0 spiro atoms. The number of halogens is 1. The third kappa shape index (κ3) is 4.68. The molecular formula is C15H22ClNO2. The van der Waals surface area contributed by atoms with Crippen LogP contribution in [0.3, 0.4) is 0 Å². The van der Waals surface area contributed by atoms with Crippen LogP contribution < -0.4 is 10.1 Å². The number of ether oxygens (including phenoxy) is 2. The molecule has 1 fully saturated rings. The van der Waals surface area contributed by atoms with Crippen molar-refractivity contribution in [1.29, 1.82) is 0 Å². The molecular weight excluding hydrogens is 262 g/mol. The Bertz CT molecular complexity index is 403. The van der Waals surface area contributed by atoms with Gasteiger partial charge in [0.1, 0.15) is 11.9 Å². The molecule has 1 unspecified atom stereocenters. The maximum atomic E-state index is 6.07. The molecule has 0 amide bonds. The largest absolute Gasteiger partial charge is 0.488 e. The maximum absolute atomic E-state index is 6.07. The molecule has 0 saturated carbocycles. The minimum atomic E-state index is 0.160. The Morgan fingerprint density at radius 1 is 1.47 bits per heavy atom. The Morgan fingerprint density at radius 3 is 3.00 bits per heavy atom.